The molecule has 1 unspecified atom stereocenters. The van der Waals surface area contributed by atoms with Crippen LogP contribution in [0.1, 0.15) is 30.1 Å². The molecule has 0 heterocycles. The minimum atomic E-state index is -0.331. The van der Waals surface area contributed by atoms with E-state index < -0.39 is 0 Å². The molecule has 1 aromatic carbocycles. The number of nitrogens with two attached hydrogens (primary N) is 1. The van der Waals surface area contributed by atoms with Crippen molar-refractivity contribution in [3.05, 3.63) is 29.8 Å². The summed E-state index contributed by atoms with van der Waals surface area (Å²) in [5, 5.41) is 12.3. The number of benzene rings is 1. The summed E-state index contributed by atoms with van der Waals surface area (Å²) >= 11 is 0. The standard InChI is InChI=1S/C13H18N2O2/c1-13(8-14,10-5-6-10)15-12(17)9-3-2-4-11(16)7-9/h2-4,7,10,16H,5-6,8,14H2,1H3,(H,15,17). The van der Waals surface area contributed by atoms with E-state index in [9.17, 15) is 9.90 Å². The number of aromatic hydroxyl groups is 1. The van der Waals surface area contributed by atoms with E-state index in [1.54, 1.807) is 18.2 Å². The monoisotopic (exact) mass is 234 g/mol. The van der Waals surface area contributed by atoms with Crippen LogP contribution in [0.2, 0.25) is 0 Å². The minimum Gasteiger partial charge on any atom is -0.508 e. The highest BCUT2D eigenvalue weighted by Crippen LogP contribution is 2.39. The van der Waals surface area contributed by atoms with Crippen molar-refractivity contribution in [2.45, 2.75) is 25.3 Å². The van der Waals surface area contributed by atoms with Gasteiger partial charge in [0.2, 0.25) is 0 Å². The maximum absolute atomic E-state index is 12.0. The summed E-state index contributed by atoms with van der Waals surface area (Å²) in [5.74, 6) is 0.396. The van der Waals surface area contributed by atoms with Crippen molar-refractivity contribution < 1.29 is 9.90 Å². The summed E-state index contributed by atoms with van der Waals surface area (Å²) in [5.41, 5.74) is 5.87. The van der Waals surface area contributed by atoms with Crippen molar-refractivity contribution >= 4 is 5.91 Å². The highest BCUT2D eigenvalue weighted by Gasteiger charge is 2.41. The zero-order valence-electron chi connectivity index (χ0n) is 9.94. The van der Waals surface area contributed by atoms with Crippen molar-refractivity contribution in [1.29, 1.82) is 0 Å². The summed E-state index contributed by atoms with van der Waals surface area (Å²) in [6.45, 7) is 2.41. The number of hydrogen-bond acceptors (Lipinski definition) is 3. The van der Waals surface area contributed by atoms with Crippen LogP contribution in [-0.2, 0) is 0 Å². The van der Waals surface area contributed by atoms with E-state index in [1.807, 2.05) is 6.92 Å². The first-order chi connectivity index (χ1) is 8.05. The summed E-state index contributed by atoms with van der Waals surface area (Å²) in [6, 6.07) is 6.33. The summed E-state index contributed by atoms with van der Waals surface area (Å²) in [4.78, 5) is 12.0. The molecule has 4 heteroatoms. The lowest BCUT2D eigenvalue weighted by atomic mass is 9.95. The maximum atomic E-state index is 12.0. The predicted octanol–water partition coefficient (Wildman–Crippen LogP) is 1.25. The van der Waals surface area contributed by atoms with E-state index >= 15 is 0 Å². The highest BCUT2D eigenvalue weighted by molar-refractivity contribution is 5.95. The van der Waals surface area contributed by atoms with Crippen molar-refractivity contribution in [2.24, 2.45) is 11.7 Å². The molecule has 1 amide bonds. The van der Waals surface area contributed by atoms with Crippen molar-refractivity contribution in [3.63, 3.8) is 0 Å². The van der Waals surface area contributed by atoms with Gasteiger partial charge in [-0.2, -0.15) is 0 Å². The third-order valence-corrected chi connectivity index (χ3v) is 3.41. The molecule has 0 aliphatic heterocycles. The molecule has 0 bridgehead atoms. The van der Waals surface area contributed by atoms with Crippen LogP contribution in [0.5, 0.6) is 5.75 Å². The van der Waals surface area contributed by atoms with Gasteiger partial charge in [0.1, 0.15) is 5.75 Å². The molecule has 17 heavy (non-hydrogen) atoms. The average Bonchev–Trinajstić information content (AvgIpc) is 3.13. The number of phenols is 1. The molecule has 1 atom stereocenters. The Balaban J connectivity index is 2.10. The quantitative estimate of drug-likeness (QED) is 0.734. The molecule has 4 nitrogen and oxygen atoms in total. The Bertz CT molecular complexity index is 429. The first-order valence-corrected chi connectivity index (χ1v) is 5.87. The van der Waals surface area contributed by atoms with Gasteiger partial charge >= 0.3 is 0 Å². The van der Waals surface area contributed by atoms with Gasteiger partial charge in [0.05, 0.1) is 5.54 Å². The number of phenolic OH excluding ortho intramolecular Hbond substituents is 1. The van der Waals surface area contributed by atoms with Gasteiger partial charge in [-0.1, -0.05) is 6.07 Å². The van der Waals surface area contributed by atoms with Gasteiger partial charge in [0.15, 0.2) is 0 Å². The smallest absolute Gasteiger partial charge is 0.251 e. The summed E-state index contributed by atoms with van der Waals surface area (Å²) < 4.78 is 0. The Labute approximate surface area is 101 Å². The number of hydrogen-bond donors (Lipinski definition) is 3. The fraction of sp³-hybridized carbons (Fsp3) is 0.462. The van der Waals surface area contributed by atoms with Gasteiger partial charge in [-0.3, -0.25) is 4.79 Å². The van der Waals surface area contributed by atoms with Crippen molar-refractivity contribution in [3.8, 4) is 5.75 Å². The fourth-order valence-electron chi connectivity index (χ4n) is 2.02. The summed E-state index contributed by atoms with van der Waals surface area (Å²) in [7, 11) is 0. The van der Waals surface area contributed by atoms with Gasteiger partial charge < -0.3 is 16.2 Å². The minimum absolute atomic E-state index is 0.0959. The van der Waals surface area contributed by atoms with E-state index in [1.165, 1.54) is 6.07 Å². The van der Waals surface area contributed by atoms with Crippen LogP contribution < -0.4 is 11.1 Å². The van der Waals surface area contributed by atoms with Crippen LogP contribution in [-0.4, -0.2) is 23.1 Å². The van der Waals surface area contributed by atoms with Gasteiger partial charge in [0, 0.05) is 12.1 Å². The normalized spacial score (nSPS) is 18.5. The molecule has 1 saturated carbocycles. The Kier molecular flexibility index (Phi) is 3.07. The molecular formula is C13H18N2O2. The largest absolute Gasteiger partial charge is 0.508 e. The van der Waals surface area contributed by atoms with Crippen LogP contribution >= 0.6 is 0 Å². The van der Waals surface area contributed by atoms with Crippen molar-refractivity contribution in [2.75, 3.05) is 6.54 Å². The van der Waals surface area contributed by atoms with Crippen LogP contribution in [0.3, 0.4) is 0 Å². The molecule has 2 rings (SSSR count). The second-order valence-electron chi connectivity index (χ2n) is 4.90. The van der Waals surface area contributed by atoms with Crippen LogP contribution in [0.4, 0.5) is 0 Å². The Morgan fingerprint density at radius 3 is 2.82 bits per heavy atom. The first kappa shape index (κ1) is 11.9. The topological polar surface area (TPSA) is 75.3 Å². The molecule has 1 fully saturated rings. The lowest BCUT2D eigenvalue weighted by Gasteiger charge is -2.29. The third-order valence-electron chi connectivity index (χ3n) is 3.41. The lowest BCUT2D eigenvalue weighted by molar-refractivity contribution is 0.0897. The van der Waals surface area contributed by atoms with Crippen LogP contribution in [0, 0.1) is 5.92 Å². The molecule has 4 N–H and O–H groups in total. The fourth-order valence-corrected chi connectivity index (χ4v) is 2.02. The molecule has 1 aliphatic rings. The van der Waals surface area contributed by atoms with Crippen LogP contribution in [0.15, 0.2) is 24.3 Å². The van der Waals surface area contributed by atoms with E-state index in [0.717, 1.165) is 12.8 Å². The molecule has 0 aromatic heterocycles. The van der Waals surface area contributed by atoms with E-state index in [-0.39, 0.29) is 17.2 Å². The second kappa shape index (κ2) is 4.37. The SMILES string of the molecule is CC(CN)(NC(=O)c1cccc(O)c1)C1CC1. The van der Waals surface area contributed by atoms with Gasteiger partial charge in [-0.15, -0.1) is 0 Å². The Morgan fingerprint density at radius 1 is 1.59 bits per heavy atom. The molecule has 1 aliphatic carbocycles. The van der Waals surface area contributed by atoms with Crippen molar-refractivity contribution in [1.82, 2.24) is 5.32 Å². The van der Waals surface area contributed by atoms with E-state index in [4.69, 9.17) is 5.73 Å². The van der Waals surface area contributed by atoms with E-state index in [0.29, 0.717) is 18.0 Å². The number of carbonyl (C=O) groups is 1. The van der Waals surface area contributed by atoms with Crippen LogP contribution in [0.25, 0.3) is 0 Å². The zero-order valence-corrected chi connectivity index (χ0v) is 9.94. The first-order valence-electron chi connectivity index (χ1n) is 5.87. The molecule has 0 radical (unpaired) electrons. The van der Waals surface area contributed by atoms with Gasteiger partial charge in [-0.05, 0) is 43.9 Å². The molecule has 92 valence electrons. The maximum Gasteiger partial charge on any atom is 0.251 e. The molecule has 0 saturated heterocycles. The Morgan fingerprint density at radius 2 is 2.29 bits per heavy atom. The number of rotatable bonds is 4. The molecule has 0 spiro atoms. The summed E-state index contributed by atoms with van der Waals surface area (Å²) in [6.07, 6.45) is 2.24. The molecular weight excluding hydrogens is 216 g/mol. The second-order valence-corrected chi connectivity index (χ2v) is 4.90. The average molecular weight is 234 g/mol. The molecule has 1 aromatic rings. The van der Waals surface area contributed by atoms with Gasteiger partial charge in [-0.25, -0.2) is 0 Å². The third kappa shape index (κ3) is 2.58. The zero-order chi connectivity index (χ0) is 12.5. The van der Waals surface area contributed by atoms with Gasteiger partial charge in [0.25, 0.3) is 5.91 Å². The number of carbonyl (C=O) groups excluding carboxylic acids is 1. The number of nitrogens with one attached hydrogen (secondary N) is 1. The highest BCUT2D eigenvalue weighted by atomic mass is 16.3. The predicted molar refractivity (Wildman–Crippen MR) is 65.8 cm³/mol. The Hall–Kier alpha value is -1.55. The lowest BCUT2D eigenvalue weighted by Crippen LogP contribution is -2.53. The number of amides is 1. The van der Waals surface area contributed by atoms with E-state index in [2.05, 4.69) is 5.32 Å².